The van der Waals surface area contributed by atoms with Gasteiger partial charge in [0, 0.05) is 18.7 Å². The van der Waals surface area contributed by atoms with Gasteiger partial charge in [-0.15, -0.1) is 0 Å². The van der Waals surface area contributed by atoms with Crippen LogP contribution >= 0.6 is 0 Å². The fourth-order valence-corrected chi connectivity index (χ4v) is 2.41. The van der Waals surface area contributed by atoms with Crippen molar-refractivity contribution in [2.75, 3.05) is 26.8 Å². The zero-order valence-electron chi connectivity index (χ0n) is 13.5. The molecule has 0 saturated heterocycles. The van der Waals surface area contributed by atoms with E-state index in [2.05, 4.69) is 13.5 Å². The molecule has 0 unspecified atom stereocenters. The van der Waals surface area contributed by atoms with Crippen molar-refractivity contribution in [3.8, 4) is 11.5 Å². The van der Waals surface area contributed by atoms with Gasteiger partial charge in [-0.2, -0.15) is 0 Å². The van der Waals surface area contributed by atoms with Crippen molar-refractivity contribution in [1.82, 2.24) is 4.90 Å². The molecule has 1 aliphatic rings. The Morgan fingerprint density at radius 2 is 2.18 bits per heavy atom. The number of carbonyl (C=O) groups excluding carboxylic acids is 1. The second-order valence-corrected chi connectivity index (χ2v) is 5.66. The summed E-state index contributed by atoms with van der Waals surface area (Å²) in [5.74, 6) is 1.97. The number of carbonyl (C=O) groups is 1. The first-order valence-corrected chi connectivity index (χ1v) is 7.90. The molecule has 2 rings (SSSR count). The summed E-state index contributed by atoms with van der Waals surface area (Å²) in [6, 6.07) is 5.35. The third-order valence-corrected chi connectivity index (χ3v) is 3.72. The van der Waals surface area contributed by atoms with Crippen molar-refractivity contribution in [2.45, 2.75) is 26.2 Å². The van der Waals surface area contributed by atoms with Crippen LogP contribution < -0.4 is 9.47 Å². The van der Waals surface area contributed by atoms with Crippen LogP contribution in [0.4, 0.5) is 0 Å². The molecule has 0 radical (unpaired) electrons. The maximum Gasteiger partial charge on any atom is 0.254 e. The summed E-state index contributed by atoms with van der Waals surface area (Å²) in [4.78, 5) is 14.7. The van der Waals surface area contributed by atoms with E-state index >= 15 is 0 Å². The molecule has 0 heterocycles. The Morgan fingerprint density at radius 3 is 2.77 bits per heavy atom. The Bertz CT molecular complexity index is 523. The quantitative estimate of drug-likeness (QED) is 0.655. The molecule has 1 amide bonds. The van der Waals surface area contributed by atoms with Crippen LogP contribution in [0.3, 0.4) is 0 Å². The van der Waals surface area contributed by atoms with Gasteiger partial charge in [-0.25, -0.2) is 0 Å². The number of ether oxygens (including phenoxy) is 2. The first-order chi connectivity index (χ1) is 10.7. The molecule has 0 atom stereocenters. The van der Waals surface area contributed by atoms with E-state index in [9.17, 15) is 4.79 Å². The Morgan fingerprint density at radius 1 is 1.41 bits per heavy atom. The Labute approximate surface area is 132 Å². The molecule has 0 aliphatic heterocycles. The van der Waals surface area contributed by atoms with Crippen LogP contribution in [-0.2, 0) is 0 Å². The van der Waals surface area contributed by atoms with Gasteiger partial charge in [-0.3, -0.25) is 4.79 Å². The highest BCUT2D eigenvalue weighted by Gasteiger charge is 2.27. The predicted molar refractivity (Wildman–Crippen MR) is 87.6 cm³/mol. The van der Waals surface area contributed by atoms with Crippen LogP contribution in [0.25, 0.3) is 0 Å². The van der Waals surface area contributed by atoms with Gasteiger partial charge in [-0.1, -0.05) is 19.6 Å². The van der Waals surface area contributed by atoms with E-state index in [1.807, 2.05) is 4.90 Å². The summed E-state index contributed by atoms with van der Waals surface area (Å²) in [5, 5.41) is 0. The SMILES string of the molecule is C=CCOc1ccc(C(=O)N(CCC)CC2CC2)cc1OC. The minimum absolute atomic E-state index is 0.0716. The van der Waals surface area contributed by atoms with Crippen LogP contribution in [-0.4, -0.2) is 37.6 Å². The summed E-state index contributed by atoms with van der Waals surface area (Å²) in [6.45, 7) is 7.80. The highest BCUT2D eigenvalue weighted by Crippen LogP contribution is 2.31. The van der Waals surface area contributed by atoms with Gasteiger partial charge in [0.15, 0.2) is 11.5 Å². The molecule has 1 saturated carbocycles. The van der Waals surface area contributed by atoms with E-state index < -0.39 is 0 Å². The highest BCUT2D eigenvalue weighted by molar-refractivity contribution is 5.95. The molecule has 1 aromatic carbocycles. The first-order valence-electron chi connectivity index (χ1n) is 7.90. The van der Waals surface area contributed by atoms with E-state index in [4.69, 9.17) is 9.47 Å². The van der Waals surface area contributed by atoms with Crippen LogP contribution in [0.15, 0.2) is 30.9 Å². The summed E-state index contributed by atoms with van der Waals surface area (Å²) >= 11 is 0. The van der Waals surface area contributed by atoms with Crippen LogP contribution in [0, 0.1) is 5.92 Å². The summed E-state index contributed by atoms with van der Waals surface area (Å²) in [7, 11) is 1.58. The minimum Gasteiger partial charge on any atom is -0.493 e. The van der Waals surface area contributed by atoms with E-state index in [0.717, 1.165) is 19.5 Å². The van der Waals surface area contributed by atoms with Gasteiger partial charge < -0.3 is 14.4 Å². The van der Waals surface area contributed by atoms with Crippen molar-refractivity contribution >= 4 is 5.91 Å². The fraction of sp³-hybridized carbons (Fsp3) is 0.500. The molecule has 0 N–H and O–H groups in total. The van der Waals surface area contributed by atoms with Gasteiger partial charge in [0.25, 0.3) is 5.91 Å². The highest BCUT2D eigenvalue weighted by atomic mass is 16.5. The lowest BCUT2D eigenvalue weighted by Gasteiger charge is -2.22. The molecule has 0 spiro atoms. The maximum atomic E-state index is 12.7. The molecule has 22 heavy (non-hydrogen) atoms. The van der Waals surface area contributed by atoms with E-state index in [1.165, 1.54) is 12.8 Å². The third kappa shape index (κ3) is 4.26. The summed E-state index contributed by atoms with van der Waals surface area (Å²) < 4.78 is 10.9. The van der Waals surface area contributed by atoms with E-state index in [0.29, 0.717) is 29.6 Å². The minimum atomic E-state index is 0.0716. The molecule has 4 nitrogen and oxygen atoms in total. The lowest BCUT2D eigenvalue weighted by atomic mass is 10.1. The Balaban J connectivity index is 2.14. The number of methoxy groups -OCH3 is 1. The van der Waals surface area contributed by atoms with Crippen molar-refractivity contribution in [3.63, 3.8) is 0 Å². The second-order valence-electron chi connectivity index (χ2n) is 5.66. The molecule has 0 aromatic heterocycles. The zero-order valence-corrected chi connectivity index (χ0v) is 13.5. The van der Waals surface area contributed by atoms with E-state index in [-0.39, 0.29) is 5.91 Å². The van der Waals surface area contributed by atoms with Crippen molar-refractivity contribution in [3.05, 3.63) is 36.4 Å². The van der Waals surface area contributed by atoms with Gasteiger partial charge >= 0.3 is 0 Å². The number of hydrogen-bond acceptors (Lipinski definition) is 3. The second kappa shape index (κ2) is 7.87. The molecule has 1 aromatic rings. The Kier molecular flexibility index (Phi) is 5.87. The lowest BCUT2D eigenvalue weighted by Crippen LogP contribution is -2.33. The van der Waals surface area contributed by atoms with Crippen molar-refractivity contribution < 1.29 is 14.3 Å². The monoisotopic (exact) mass is 303 g/mol. The number of hydrogen-bond donors (Lipinski definition) is 0. The normalized spacial score (nSPS) is 13.5. The van der Waals surface area contributed by atoms with E-state index in [1.54, 1.807) is 31.4 Å². The molecule has 120 valence electrons. The Hall–Kier alpha value is -1.97. The molecule has 1 aliphatic carbocycles. The number of rotatable bonds is 9. The molecular weight excluding hydrogens is 278 g/mol. The number of amides is 1. The van der Waals surface area contributed by atoms with Gasteiger partial charge in [0.2, 0.25) is 0 Å². The fourth-order valence-electron chi connectivity index (χ4n) is 2.41. The van der Waals surface area contributed by atoms with Gasteiger partial charge in [-0.05, 0) is 43.4 Å². The lowest BCUT2D eigenvalue weighted by molar-refractivity contribution is 0.0747. The standard InChI is InChI=1S/C18H25NO3/c1-4-10-19(13-14-6-7-14)18(20)15-8-9-16(22-11-5-2)17(12-15)21-3/h5,8-9,12,14H,2,4,6-7,10-11,13H2,1,3H3. The number of benzene rings is 1. The third-order valence-electron chi connectivity index (χ3n) is 3.72. The predicted octanol–water partition coefficient (Wildman–Crippen LogP) is 3.52. The summed E-state index contributed by atoms with van der Waals surface area (Å²) in [6.07, 6.45) is 5.13. The van der Waals surface area contributed by atoms with Gasteiger partial charge in [0.05, 0.1) is 7.11 Å². The maximum absolute atomic E-state index is 12.7. The smallest absolute Gasteiger partial charge is 0.254 e. The van der Waals surface area contributed by atoms with Crippen molar-refractivity contribution in [1.29, 1.82) is 0 Å². The largest absolute Gasteiger partial charge is 0.493 e. The first kappa shape index (κ1) is 16.4. The van der Waals surface area contributed by atoms with Crippen LogP contribution in [0.2, 0.25) is 0 Å². The topological polar surface area (TPSA) is 38.8 Å². The van der Waals surface area contributed by atoms with Gasteiger partial charge in [0.1, 0.15) is 6.61 Å². The average Bonchev–Trinajstić information content (AvgIpc) is 3.35. The molecule has 4 heteroatoms. The molecule has 1 fully saturated rings. The number of nitrogens with zero attached hydrogens (tertiary/aromatic N) is 1. The summed E-state index contributed by atoms with van der Waals surface area (Å²) in [5.41, 5.74) is 0.650. The van der Waals surface area contributed by atoms with Crippen LogP contribution in [0.1, 0.15) is 36.5 Å². The average molecular weight is 303 g/mol. The molecule has 0 bridgehead atoms. The molecular formula is C18H25NO3. The van der Waals surface area contributed by atoms with Crippen LogP contribution in [0.5, 0.6) is 11.5 Å². The van der Waals surface area contributed by atoms with Crippen molar-refractivity contribution in [2.24, 2.45) is 5.92 Å². The zero-order chi connectivity index (χ0) is 15.9.